The van der Waals surface area contributed by atoms with Gasteiger partial charge in [-0.2, -0.15) is 15.0 Å². The lowest BCUT2D eigenvalue weighted by molar-refractivity contribution is 0.337. The lowest BCUT2D eigenvalue weighted by atomic mass is 10.3. The van der Waals surface area contributed by atoms with Crippen molar-refractivity contribution in [1.82, 2.24) is 19.9 Å². The topological polar surface area (TPSA) is 74.4 Å². The molecule has 1 unspecified atom stereocenters. The zero-order valence-corrected chi connectivity index (χ0v) is 12.2. The number of hydrogen-bond donors (Lipinski definition) is 1. The largest absolute Gasteiger partial charge is 0.368 e. The van der Waals surface area contributed by atoms with Crippen LogP contribution >= 0.6 is 0 Å². The molecule has 1 aromatic heterocycles. The van der Waals surface area contributed by atoms with Gasteiger partial charge >= 0.3 is 0 Å². The number of aromatic nitrogens is 3. The van der Waals surface area contributed by atoms with Crippen LogP contribution in [0.15, 0.2) is 0 Å². The summed E-state index contributed by atoms with van der Waals surface area (Å²) in [6.07, 6.45) is 1.10. The smallest absolute Gasteiger partial charge is 0.232 e. The monoisotopic (exact) mass is 265 g/mol. The summed E-state index contributed by atoms with van der Waals surface area (Å²) in [5.74, 6) is 1.56. The predicted octanol–water partition coefficient (Wildman–Crippen LogP) is 0.0502. The predicted molar refractivity (Wildman–Crippen MR) is 77.5 cm³/mol. The van der Waals surface area contributed by atoms with E-state index < -0.39 is 0 Å². The maximum atomic E-state index is 5.79. The summed E-state index contributed by atoms with van der Waals surface area (Å²) in [5.41, 5.74) is 5.79. The van der Waals surface area contributed by atoms with Crippen LogP contribution in [0.2, 0.25) is 0 Å². The number of rotatable bonds is 2. The Kier molecular flexibility index (Phi) is 4.04. The molecule has 0 spiro atoms. The average molecular weight is 265 g/mol. The number of nitrogens with two attached hydrogens (primary N) is 1. The first-order valence-electron chi connectivity index (χ1n) is 6.61. The number of nitrogens with zero attached hydrogens (tertiary/aromatic N) is 6. The van der Waals surface area contributed by atoms with Crippen molar-refractivity contribution in [3.05, 3.63) is 0 Å². The Hall–Kier alpha value is -1.63. The molecular formula is C12H23N7. The summed E-state index contributed by atoms with van der Waals surface area (Å²) >= 11 is 0. The third-order valence-electron chi connectivity index (χ3n) is 3.33. The van der Waals surface area contributed by atoms with Crippen molar-refractivity contribution >= 4 is 17.8 Å². The summed E-state index contributed by atoms with van der Waals surface area (Å²) in [4.78, 5) is 19.3. The van der Waals surface area contributed by atoms with Crippen LogP contribution in [0.25, 0.3) is 0 Å². The summed E-state index contributed by atoms with van der Waals surface area (Å²) < 4.78 is 0. The van der Waals surface area contributed by atoms with Gasteiger partial charge in [0, 0.05) is 33.2 Å². The van der Waals surface area contributed by atoms with E-state index >= 15 is 0 Å². The van der Waals surface area contributed by atoms with Crippen molar-refractivity contribution < 1.29 is 0 Å². The fraction of sp³-hybridized carbons (Fsp3) is 0.750. The quantitative estimate of drug-likeness (QED) is 0.810. The normalized spacial score (nSPS) is 21.3. The molecule has 1 saturated heterocycles. The molecule has 1 aromatic rings. The van der Waals surface area contributed by atoms with Crippen molar-refractivity contribution in [1.29, 1.82) is 0 Å². The van der Waals surface area contributed by atoms with Crippen LogP contribution in [-0.4, -0.2) is 66.7 Å². The molecule has 0 saturated carbocycles. The number of hydrogen-bond acceptors (Lipinski definition) is 7. The van der Waals surface area contributed by atoms with Gasteiger partial charge in [-0.25, -0.2) is 0 Å². The van der Waals surface area contributed by atoms with Crippen molar-refractivity contribution in [3.8, 4) is 0 Å². The van der Waals surface area contributed by atoms with Crippen LogP contribution in [0.3, 0.4) is 0 Å². The Balaban J connectivity index is 2.29. The van der Waals surface area contributed by atoms with E-state index in [9.17, 15) is 0 Å². The molecule has 2 rings (SSSR count). The summed E-state index contributed by atoms with van der Waals surface area (Å²) in [7, 11) is 5.95. The molecule has 0 aliphatic carbocycles. The van der Waals surface area contributed by atoms with Crippen LogP contribution in [0.1, 0.15) is 13.3 Å². The van der Waals surface area contributed by atoms with E-state index in [1.807, 2.05) is 19.0 Å². The lowest BCUT2D eigenvalue weighted by Gasteiger charge is -2.28. The van der Waals surface area contributed by atoms with Gasteiger partial charge in [-0.05, 0) is 26.9 Å². The molecule has 7 heteroatoms. The molecule has 19 heavy (non-hydrogen) atoms. The van der Waals surface area contributed by atoms with Crippen LogP contribution in [-0.2, 0) is 0 Å². The summed E-state index contributed by atoms with van der Waals surface area (Å²) in [5, 5.41) is 0. The Morgan fingerprint density at radius 2 is 1.95 bits per heavy atom. The molecule has 106 valence electrons. The van der Waals surface area contributed by atoms with Gasteiger partial charge in [-0.15, -0.1) is 0 Å². The van der Waals surface area contributed by atoms with Gasteiger partial charge in [0.25, 0.3) is 0 Å². The molecule has 1 aliphatic rings. The molecule has 2 heterocycles. The van der Waals surface area contributed by atoms with Crippen LogP contribution < -0.4 is 15.5 Å². The summed E-state index contributed by atoms with van der Waals surface area (Å²) in [6, 6.07) is 0.365. The van der Waals surface area contributed by atoms with E-state index in [1.165, 1.54) is 0 Å². The van der Waals surface area contributed by atoms with Gasteiger partial charge < -0.3 is 20.4 Å². The Bertz CT molecular complexity index is 434. The average Bonchev–Trinajstić information content (AvgIpc) is 2.49. The minimum Gasteiger partial charge on any atom is -0.368 e. The molecule has 7 nitrogen and oxygen atoms in total. The second kappa shape index (κ2) is 5.56. The maximum Gasteiger partial charge on any atom is 0.232 e. The molecule has 2 N–H and O–H groups in total. The first kappa shape index (κ1) is 13.8. The third kappa shape index (κ3) is 3.23. The second-order valence-electron chi connectivity index (χ2n) is 5.35. The number of likely N-dealkylation sites (N-methyl/N-ethyl adjacent to an activating group) is 1. The molecule has 1 aliphatic heterocycles. The van der Waals surface area contributed by atoms with Crippen molar-refractivity contribution in [2.24, 2.45) is 0 Å². The zero-order chi connectivity index (χ0) is 14.0. The number of nitrogen functional groups attached to an aromatic ring is 1. The van der Waals surface area contributed by atoms with Crippen molar-refractivity contribution in [2.75, 3.05) is 56.3 Å². The highest BCUT2D eigenvalue weighted by Crippen LogP contribution is 2.18. The van der Waals surface area contributed by atoms with Gasteiger partial charge in [0.1, 0.15) is 0 Å². The zero-order valence-electron chi connectivity index (χ0n) is 12.2. The minimum absolute atomic E-state index is 0.276. The highest BCUT2D eigenvalue weighted by atomic mass is 15.4. The van der Waals surface area contributed by atoms with E-state index in [0.29, 0.717) is 17.9 Å². The lowest BCUT2D eigenvalue weighted by Crippen LogP contribution is -2.39. The molecule has 1 fully saturated rings. The molecule has 0 amide bonds. The molecular weight excluding hydrogens is 242 g/mol. The number of anilines is 3. The van der Waals surface area contributed by atoms with Gasteiger partial charge in [-0.1, -0.05) is 0 Å². The highest BCUT2D eigenvalue weighted by molar-refractivity contribution is 5.43. The van der Waals surface area contributed by atoms with Crippen molar-refractivity contribution in [3.63, 3.8) is 0 Å². The standard InChI is InChI=1S/C12H23N7/c1-9-8-18(4)6-5-7-19(9)12-15-10(13)14-11(16-12)17(2)3/h9H,5-8H2,1-4H3,(H2,13,14,15,16). The minimum atomic E-state index is 0.276. The third-order valence-corrected chi connectivity index (χ3v) is 3.33. The fourth-order valence-electron chi connectivity index (χ4n) is 2.37. The van der Waals surface area contributed by atoms with Gasteiger partial charge in [-0.3, -0.25) is 0 Å². The fourth-order valence-corrected chi connectivity index (χ4v) is 2.37. The maximum absolute atomic E-state index is 5.79. The molecule has 0 radical (unpaired) electrons. The highest BCUT2D eigenvalue weighted by Gasteiger charge is 2.23. The van der Waals surface area contributed by atoms with Crippen molar-refractivity contribution in [2.45, 2.75) is 19.4 Å². The van der Waals surface area contributed by atoms with Crippen LogP contribution in [0.5, 0.6) is 0 Å². The Morgan fingerprint density at radius 1 is 1.21 bits per heavy atom. The molecule has 0 aromatic carbocycles. The Labute approximate surface area is 114 Å². The van der Waals surface area contributed by atoms with E-state index in [0.717, 1.165) is 26.1 Å². The first-order valence-corrected chi connectivity index (χ1v) is 6.61. The first-order chi connectivity index (χ1) is 8.97. The van der Waals surface area contributed by atoms with E-state index in [4.69, 9.17) is 5.73 Å². The SMILES string of the molecule is CC1CN(C)CCCN1c1nc(N)nc(N(C)C)n1. The van der Waals surface area contributed by atoms with Gasteiger partial charge in [0.15, 0.2) is 0 Å². The van der Waals surface area contributed by atoms with E-state index in [-0.39, 0.29) is 5.95 Å². The van der Waals surface area contributed by atoms with Gasteiger partial charge in [0.05, 0.1) is 0 Å². The second-order valence-corrected chi connectivity index (χ2v) is 5.35. The molecule has 0 bridgehead atoms. The van der Waals surface area contributed by atoms with E-state index in [1.54, 1.807) is 0 Å². The van der Waals surface area contributed by atoms with Crippen LogP contribution in [0, 0.1) is 0 Å². The summed E-state index contributed by atoms with van der Waals surface area (Å²) in [6.45, 7) is 5.24. The Morgan fingerprint density at radius 3 is 2.63 bits per heavy atom. The molecule has 1 atom stereocenters. The van der Waals surface area contributed by atoms with E-state index in [2.05, 4.69) is 38.7 Å². The van der Waals surface area contributed by atoms with Crippen LogP contribution in [0.4, 0.5) is 17.8 Å². The van der Waals surface area contributed by atoms with Gasteiger partial charge in [0.2, 0.25) is 17.8 Å².